The molecule has 3 fully saturated rings. The molecular weight excluding hydrogens is 482 g/mol. The number of nitrogens with two attached hydrogens (primary N) is 1. The van der Waals surface area contributed by atoms with Gasteiger partial charge in [0.25, 0.3) is 0 Å². The molecule has 1 aliphatic heterocycles. The predicted molar refractivity (Wildman–Crippen MR) is 126 cm³/mol. The Balaban J connectivity index is 1.34. The SMILES string of the molecule is NCc1ncc([C@]23CC[C@@H](N(CCN4CCCC4)C(=O)Nc4ccc(F)c(C(F)(F)F)c4)[C@H]2C3)s1. The van der Waals surface area contributed by atoms with E-state index in [1.165, 1.54) is 10.9 Å². The van der Waals surface area contributed by atoms with Crippen molar-refractivity contribution >= 4 is 23.1 Å². The van der Waals surface area contributed by atoms with Gasteiger partial charge >= 0.3 is 12.2 Å². The molecule has 0 unspecified atom stereocenters. The number of carbonyl (C=O) groups is 1. The molecule has 35 heavy (non-hydrogen) atoms. The van der Waals surface area contributed by atoms with E-state index in [1.807, 2.05) is 6.20 Å². The summed E-state index contributed by atoms with van der Waals surface area (Å²) in [5.74, 6) is -1.07. The molecule has 2 saturated carbocycles. The van der Waals surface area contributed by atoms with Crippen LogP contribution in [0.3, 0.4) is 0 Å². The molecular formula is C24H29F4N5OS. The first-order chi connectivity index (χ1) is 16.7. The zero-order valence-corrected chi connectivity index (χ0v) is 20.1. The molecule has 3 atom stereocenters. The Morgan fingerprint density at radius 3 is 2.74 bits per heavy atom. The van der Waals surface area contributed by atoms with Crippen LogP contribution in [0.1, 0.15) is 47.6 Å². The molecule has 3 N–H and O–H groups in total. The molecule has 6 nitrogen and oxygen atoms in total. The number of benzene rings is 1. The lowest BCUT2D eigenvalue weighted by molar-refractivity contribution is -0.139. The third kappa shape index (κ3) is 4.77. The van der Waals surface area contributed by atoms with E-state index in [9.17, 15) is 22.4 Å². The zero-order chi connectivity index (χ0) is 24.8. The molecule has 190 valence electrons. The number of aromatic nitrogens is 1. The highest BCUT2D eigenvalue weighted by molar-refractivity contribution is 7.11. The number of halogens is 4. The van der Waals surface area contributed by atoms with E-state index in [2.05, 4.69) is 15.2 Å². The molecule has 2 amide bonds. The highest BCUT2D eigenvalue weighted by atomic mass is 32.1. The Morgan fingerprint density at radius 1 is 1.31 bits per heavy atom. The number of urea groups is 1. The van der Waals surface area contributed by atoms with Crippen LogP contribution in [0.5, 0.6) is 0 Å². The summed E-state index contributed by atoms with van der Waals surface area (Å²) in [5, 5.41) is 3.51. The summed E-state index contributed by atoms with van der Waals surface area (Å²) in [7, 11) is 0. The summed E-state index contributed by atoms with van der Waals surface area (Å²) >= 11 is 1.63. The van der Waals surface area contributed by atoms with E-state index in [1.54, 1.807) is 16.2 Å². The third-order valence-corrected chi connectivity index (χ3v) is 8.98. The molecule has 0 radical (unpaired) electrons. The molecule has 5 rings (SSSR count). The number of alkyl halides is 3. The summed E-state index contributed by atoms with van der Waals surface area (Å²) < 4.78 is 53.2. The molecule has 1 aromatic carbocycles. The molecule has 0 spiro atoms. The van der Waals surface area contributed by atoms with Crippen molar-refractivity contribution in [3.05, 3.63) is 45.7 Å². The largest absolute Gasteiger partial charge is 0.419 e. The fourth-order valence-corrected chi connectivity index (χ4v) is 6.92. The van der Waals surface area contributed by atoms with Gasteiger partial charge in [0.1, 0.15) is 10.8 Å². The van der Waals surface area contributed by atoms with Gasteiger partial charge in [0, 0.05) is 47.9 Å². The topological polar surface area (TPSA) is 74.5 Å². The molecule has 2 aliphatic carbocycles. The molecule has 2 heterocycles. The van der Waals surface area contributed by atoms with Gasteiger partial charge in [-0.15, -0.1) is 11.3 Å². The van der Waals surface area contributed by atoms with Gasteiger partial charge in [-0.25, -0.2) is 14.2 Å². The van der Waals surface area contributed by atoms with E-state index in [4.69, 9.17) is 5.73 Å². The first kappa shape index (κ1) is 24.5. The Bertz CT molecular complexity index is 1090. The third-order valence-electron chi connectivity index (χ3n) is 7.74. The number of anilines is 1. The Hall–Kier alpha value is -2.24. The minimum Gasteiger partial charge on any atom is -0.325 e. The lowest BCUT2D eigenvalue weighted by Gasteiger charge is -2.32. The maximum absolute atomic E-state index is 13.7. The van der Waals surface area contributed by atoms with Crippen molar-refractivity contribution < 1.29 is 22.4 Å². The maximum Gasteiger partial charge on any atom is 0.419 e. The van der Waals surface area contributed by atoms with Crippen molar-refractivity contribution in [2.45, 2.75) is 56.3 Å². The van der Waals surface area contributed by atoms with E-state index in [0.717, 1.165) is 62.8 Å². The summed E-state index contributed by atoms with van der Waals surface area (Å²) in [4.78, 5) is 23.1. The number of nitrogens with zero attached hydrogens (tertiary/aromatic N) is 3. The maximum atomic E-state index is 13.7. The number of hydrogen-bond acceptors (Lipinski definition) is 5. The van der Waals surface area contributed by atoms with Crippen LogP contribution in [0.2, 0.25) is 0 Å². The summed E-state index contributed by atoms with van der Waals surface area (Å²) in [6.45, 7) is 3.59. The van der Waals surface area contributed by atoms with E-state index >= 15 is 0 Å². The van der Waals surface area contributed by atoms with Gasteiger partial charge in [0.15, 0.2) is 0 Å². The van der Waals surface area contributed by atoms with Gasteiger partial charge in [-0.2, -0.15) is 13.2 Å². The van der Waals surface area contributed by atoms with Gasteiger partial charge in [-0.1, -0.05) is 0 Å². The number of amides is 2. The zero-order valence-electron chi connectivity index (χ0n) is 19.3. The van der Waals surface area contributed by atoms with Crippen molar-refractivity contribution in [1.29, 1.82) is 0 Å². The smallest absolute Gasteiger partial charge is 0.325 e. The number of carbonyl (C=O) groups excluding carboxylic acids is 1. The molecule has 1 saturated heterocycles. The number of likely N-dealkylation sites (tertiary alicyclic amines) is 1. The van der Waals surface area contributed by atoms with Crippen LogP contribution in [0, 0.1) is 11.7 Å². The van der Waals surface area contributed by atoms with Crippen molar-refractivity contribution in [2.24, 2.45) is 11.7 Å². The second-order valence-electron chi connectivity index (χ2n) is 9.76. The van der Waals surface area contributed by atoms with Crippen LogP contribution in [-0.4, -0.2) is 53.0 Å². The fraction of sp³-hybridized carbons (Fsp3) is 0.583. The van der Waals surface area contributed by atoms with E-state index in [0.29, 0.717) is 19.2 Å². The normalized spacial score (nSPS) is 26.1. The van der Waals surface area contributed by atoms with Crippen LogP contribution < -0.4 is 11.1 Å². The number of hydrogen-bond donors (Lipinski definition) is 2. The number of rotatable bonds is 7. The summed E-state index contributed by atoms with van der Waals surface area (Å²) in [6.07, 6.45) is 2.06. The minimum absolute atomic E-state index is 0.0106. The number of thiazole rings is 1. The molecule has 11 heteroatoms. The molecule has 2 aromatic rings. The standard InChI is InChI=1S/C24H29F4N5OS/c25-18-4-3-15(11-16(18)24(26,27)28)31-22(34)33(10-9-32-7-1-2-8-32)19-5-6-23(12-17(19)23)20-14-30-21(13-29)35-20/h3-4,11,14,17,19H,1-2,5-10,12-13,29H2,(H,31,34)/t17-,19-,23+/m1/s1. The highest BCUT2D eigenvalue weighted by Gasteiger charge is 2.65. The molecule has 3 aliphatic rings. The Labute approximate surface area is 205 Å². The van der Waals surface area contributed by atoms with E-state index < -0.39 is 23.6 Å². The second-order valence-corrected chi connectivity index (χ2v) is 10.9. The average Bonchev–Trinajstić information content (AvgIpc) is 3.24. The predicted octanol–water partition coefficient (Wildman–Crippen LogP) is 4.81. The summed E-state index contributed by atoms with van der Waals surface area (Å²) in [5.41, 5.74) is 4.30. The van der Waals surface area contributed by atoms with Crippen molar-refractivity contribution in [1.82, 2.24) is 14.8 Å². The molecule has 1 aromatic heterocycles. The minimum atomic E-state index is -4.84. The van der Waals surface area contributed by atoms with Crippen LogP contribution in [0.25, 0.3) is 0 Å². The van der Waals surface area contributed by atoms with Gasteiger partial charge in [0.2, 0.25) is 0 Å². The van der Waals surface area contributed by atoms with Gasteiger partial charge in [-0.3, -0.25) is 0 Å². The number of fused-ring (bicyclic) bond motifs is 1. The Kier molecular flexibility index (Phi) is 6.52. The second kappa shape index (κ2) is 9.33. The van der Waals surface area contributed by atoms with Crippen LogP contribution >= 0.6 is 11.3 Å². The first-order valence-electron chi connectivity index (χ1n) is 12.0. The van der Waals surface area contributed by atoms with E-state index in [-0.39, 0.29) is 23.1 Å². The van der Waals surface area contributed by atoms with Gasteiger partial charge in [-0.05, 0) is 69.3 Å². The van der Waals surface area contributed by atoms with Crippen LogP contribution in [0.15, 0.2) is 24.4 Å². The number of nitrogens with one attached hydrogen (secondary N) is 1. The molecule has 0 bridgehead atoms. The quantitative estimate of drug-likeness (QED) is 0.524. The van der Waals surface area contributed by atoms with Gasteiger partial charge < -0.3 is 20.9 Å². The fourth-order valence-electron chi connectivity index (χ4n) is 5.84. The average molecular weight is 512 g/mol. The van der Waals surface area contributed by atoms with Gasteiger partial charge in [0.05, 0.1) is 5.56 Å². The lowest BCUT2D eigenvalue weighted by Crippen LogP contribution is -2.46. The Morgan fingerprint density at radius 2 is 2.09 bits per heavy atom. The van der Waals surface area contributed by atoms with Crippen LogP contribution in [-0.2, 0) is 18.1 Å². The van der Waals surface area contributed by atoms with Crippen molar-refractivity contribution in [3.63, 3.8) is 0 Å². The highest BCUT2D eigenvalue weighted by Crippen LogP contribution is 2.66. The monoisotopic (exact) mass is 511 g/mol. The van der Waals surface area contributed by atoms with Crippen LogP contribution in [0.4, 0.5) is 28.0 Å². The summed E-state index contributed by atoms with van der Waals surface area (Å²) in [6, 6.07) is 2.12. The first-order valence-corrected chi connectivity index (χ1v) is 12.8. The lowest BCUT2D eigenvalue weighted by atomic mass is 10.0. The van der Waals surface area contributed by atoms with Crippen molar-refractivity contribution in [3.8, 4) is 0 Å². The van der Waals surface area contributed by atoms with Crippen molar-refractivity contribution in [2.75, 3.05) is 31.5 Å².